The summed E-state index contributed by atoms with van der Waals surface area (Å²) in [5.41, 5.74) is 1.77. The second-order valence-corrected chi connectivity index (χ2v) is 6.64. The topological polar surface area (TPSA) is 15.3 Å². The molecule has 2 unspecified atom stereocenters. The summed E-state index contributed by atoms with van der Waals surface area (Å²) >= 11 is 0. The van der Waals surface area contributed by atoms with Crippen LogP contribution in [0.3, 0.4) is 0 Å². The number of rotatable bonds is 6. The van der Waals surface area contributed by atoms with Crippen LogP contribution in [0.2, 0.25) is 0 Å². The Bertz CT molecular complexity index is 411. The lowest BCUT2D eigenvalue weighted by Crippen LogP contribution is -2.65. The molecule has 118 valence electrons. The third-order valence-electron chi connectivity index (χ3n) is 5.43. The fourth-order valence-electron chi connectivity index (χ4n) is 3.68. The summed E-state index contributed by atoms with van der Waals surface area (Å²) in [6.45, 7) is 11.7. The summed E-state index contributed by atoms with van der Waals surface area (Å²) in [7, 11) is 0. The van der Waals surface area contributed by atoms with Crippen LogP contribution in [0.5, 0.6) is 0 Å². The van der Waals surface area contributed by atoms with Gasteiger partial charge < -0.3 is 5.32 Å². The van der Waals surface area contributed by atoms with E-state index in [-0.39, 0.29) is 0 Å². The Balaban J connectivity index is 2.09. The van der Waals surface area contributed by atoms with Gasteiger partial charge in [0.2, 0.25) is 0 Å². The molecule has 1 heterocycles. The Labute approximate surface area is 130 Å². The molecule has 2 atom stereocenters. The van der Waals surface area contributed by atoms with Crippen LogP contribution in [0, 0.1) is 0 Å². The van der Waals surface area contributed by atoms with E-state index in [9.17, 15) is 0 Å². The molecule has 0 bridgehead atoms. The molecule has 1 fully saturated rings. The standard InChI is InChI=1S/C19H32N2/c1-5-18-14-20-19(6-2,7-3)15-21(18)16(4)13-17-11-9-8-10-12-17/h8-12,16,18,20H,5-7,13-15H2,1-4H3. The molecular formula is C19H32N2. The first-order valence-electron chi connectivity index (χ1n) is 8.68. The van der Waals surface area contributed by atoms with E-state index in [1.807, 2.05) is 0 Å². The lowest BCUT2D eigenvalue weighted by Gasteiger charge is -2.50. The molecule has 1 aromatic rings. The van der Waals surface area contributed by atoms with Crippen molar-refractivity contribution in [1.82, 2.24) is 10.2 Å². The normalized spacial score (nSPS) is 23.9. The maximum absolute atomic E-state index is 3.84. The van der Waals surface area contributed by atoms with Gasteiger partial charge in [-0.1, -0.05) is 51.1 Å². The van der Waals surface area contributed by atoms with Crippen LogP contribution in [0.4, 0.5) is 0 Å². The molecular weight excluding hydrogens is 256 g/mol. The second kappa shape index (κ2) is 7.42. The first kappa shape index (κ1) is 16.5. The molecule has 21 heavy (non-hydrogen) atoms. The zero-order valence-corrected chi connectivity index (χ0v) is 14.2. The van der Waals surface area contributed by atoms with E-state index in [1.54, 1.807) is 0 Å². The Morgan fingerprint density at radius 1 is 1.19 bits per heavy atom. The van der Waals surface area contributed by atoms with E-state index in [2.05, 4.69) is 68.2 Å². The Hall–Kier alpha value is -0.860. The van der Waals surface area contributed by atoms with Crippen LogP contribution in [0.1, 0.15) is 52.5 Å². The molecule has 0 aliphatic carbocycles. The monoisotopic (exact) mass is 288 g/mol. The zero-order valence-electron chi connectivity index (χ0n) is 14.2. The maximum atomic E-state index is 3.84. The van der Waals surface area contributed by atoms with E-state index < -0.39 is 0 Å². The van der Waals surface area contributed by atoms with Crippen LogP contribution >= 0.6 is 0 Å². The molecule has 2 nitrogen and oxygen atoms in total. The molecule has 0 aromatic heterocycles. The molecule has 0 saturated carbocycles. The average molecular weight is 288 g/mol. The van der Waals surface area contributed by atoms with Crippen molar-refractivity contribution < 1.29 is 0 Å². The number of piperazine rings is 1. The van der Waals surface area contributed by atoms with E-state index in [0.29, 0.717) is 17.6 Å². The van der Waals surface area contributed by atoms with Crippen LogP contribution in [-0.4, -0.2) is 35.6 Å². The van der Waals surface area contributed by atoms with Crippen molar-refractivity contribution in [3.8, 4) is 0 Å². The van der Waals surface area contributed by atoms with Crippen LogP contribution in [0.25, 0.3) is 0 Å². The summed E-state index contributed by atoms with van der Waals surface area (Å²) < 4.78 is 0. The van der Waals surface area contributed by atoms with Gasteiger partial charge >= 0.3 is 0 Å². The predicted molar refractivity (Wildman–Crippen MR) is 91.7 cm³/mol. The lowest BCUT2D eigenvalue weighted by molar-refractivity contribution is 0.0406. The van der Waals surface area contributed by atoms with Crippen molar-refractivity contribution in [2.75, 3.05) is 13.1 Å². The summed E-state index contributed by atoms with van der Waals surface area (Å²) in [6, 6.07) is 12.2. The minimum absolute atomic E-state index is 0.316. The number of hydrogen-bond acceptors (Lipinski definition) is 2. The van der Waals surface area contributed by atoms with Gasteiger partial charge in [-0.2, -0.15) is 0 Å². The van der Waals surface area contributed by atoms with Gasteiger partial charge in [-0.05, 0) is 38.2 Å². The molecule has 1 saturated heterocycles. The number of hydrogen-bond donors (Lipinski definition) is 1. The van der Waals surface area contributed by atoms with Crippen molar-refractivity contribution in [2.24, 2.45) is 0 Å². The Kier molecular flexibility index (Phi) is 5.83. The number of benzene rings is 1. The summed E-state index contributed by atoms with van der Waals surface area (Å²) in [4.78, 5) is 2.76. The van der Waals surface area contributed by atoms with Crippen molar-refractivity contribution in [1.29, 1.82) is 0 Å². The molecule has 0 spiro atoms. The molecule has 1 aromatic carbocycles. The van der Waals surface area contributed by atoms with Gasteiger partial charge in [0.15, 0.2) is 0 Å². The van der Waals surface area contributed by atoms with E-state index >= 15 is 0 Å². The van der Waals surface area contributed by atoms with Gasteiger partial charge in [-0.15, -0.1) is 0 Å². The lowest BCUT2D eigenvalue weighted by atomic mass is 9.86. The zero-order chi connectivity index (χ0) is 15.3. The van der Waals surface area contributed by atoms with Gasteiger partial charge in [-0.3, -0.25) is 4.90 Å². The van der Waals surface area contributed by atoms with Gasteiger partial charge in [0.25, 0.3) is 0 Å². The third kappa shape index (κ3) is 3.87. The smallest absolute Gasteiger partial charge is 0.0304 e. The van der Waals surface area contributed by atoms with Gasteiger partial charge in [0.1, 0.15) is 0 Å². The first-order valence-corrected chi connectivity index (χ1v) is 8.68. The maximum Gasteiger partial charge on any atom is 0.0304 e. The van der Waals surface area contributed by atoms with Crippen molar-refractivity contribution in [3.63, 3.8) is 0 Å². The molecule has 0 amide bonds. The molecule has 1 aliphatic heterocycles. The average Bonchev–Trinajstić information content (AvgIpc) is 2.55. The van der Waals surface area contributed by atoms with Crippen LogP contribution in [0.15, 0.2) is 30.3 Å². The van der Waals surface area contributed by atoms with Crippen molar-refractivity contribution in [2.45, 2.75) is 71.0 Å². The van der Waals surface area contributed by atoms with Crippen LogP contribution < -0.4 is 5.32 Å². The molecule has 0 radical (unpaired) electrons. The van der Waals surface area contributed by atoms with Gasteiger partial charge in [0.05, 0.1) is 0 Å². The fraction of sp³-hybridized carbons (Fsp3) is 0.684. The molecule has 1 N–H and O–H groups in total. The molecule has 2 rings (SSSR count). The highest BCUT2D eigenvalue weighted by Gasteiger charge is 2.37. The highest BCUT2D eigenvalue weighted by atomic mass is 15.3. The van der Waals surface area contributed by atoms with E-state index in [1.165, 1.54) is 31.4 Å². The molecule has 2 heteroatoms. The Morgan fingerprint density at radius 3 is 2.43 bits per heavy atom. The van der Waals surface area contributed by atoms with Crippen molar-refractivity contribution in [3.05, 3.63) is 35.9 Å². The second-order valence-electron chi connectivity index (χ2n) is 6.64. The predicted octanol–water partition coefficient (Wildman–Crippen LogP) is 3.86. The third-order valence-corrected chi connectivity index (χ3v) is 5.43. The number of nitrogens with one attached hydrogen (secondary N) is 1. The van der Waals surface area contributed by atoms with E-state index in [4.69, 9.17) is 0 Å². The largest absolute Gasteiger partial charge is 0.308 e. The molecule has 1 aliphatic rings. The highest BCUT2D eigenvalue weighted by Crippen LogP contribution is 2.26. The summed E-state index contributed by atoms with van der Waals surface area (Å²) in [6.07, 6.45) is 4.82. The minimum atomic E-state index is 0.316. The summed E-state index contributed by atoms with van der Waals surface area (Å²) in [5, 5.41) is 3.84. The minimum Gasteiger partial charge on any atom is -0.308 e. The first-order chi connectivity index (χ1) is 10.1. The SMILES string of the molecule is CCC1CNC(CC)(CC)CN1C(C)Cc1ccccc1. The number of nitrogens with zero attached hydrogens (tertiary/aromatic N) is 1. The fourth-order valence-corrected chi connectivity index (χ4v) is 3.68. The quantitative estimate of drug-likeness (QED) is 0.855. The summed E-state index contributed by atoms with van der Waals surface area (Å²) in [5.74, 6) is 0. The van der Waals surface area contributed by atoms with E-state index in [0.717, 1.165) is 13.0 Å². The van der Waals surface area contributed by atoms with Gasteiger partial charge in [0, 0.05) is 30.7 Å². The van der Waals surface area contributed by atoms with Crippen LogP contribution in [-0.2, 0) is 6.42 Å². The van der Waals surface area contributed by atoms with Crippen molar-refractivity contribution >= 4 is 0 Å². The van der Waals surface area contributed by atoms with Gasteiger partial charge in [-0.25, -0.2) is 0 Å². The Morgan fingerprint density at radius 2 is 1.86 bits per heavy atom. The highest BCUT2D eigenvalue weighted by molar-refractivity contribution is 5.16.